The van der Waals surface area contributed by atoms with Crippen molar-refractivity contribution >= 4 is 11.6 Å². The highest BCUT2D eigenvalue weighted by atomic mass is 35.5. The lowest BCUT2D eigenvalue weighted by molar-refractivity contribution is -0.137. The van der Waals surface area contributed by atoms with Crippen LogP contribution in [0.1, 0.15) is 42.0 Å². The fourth-order valence-electron chi connectivity index (χ4n) is 4.29. The third-order valence-electron chi connectivity index (χ3n) is 6.08. The fraction of sp³-hybridized carbons (Fsp3) is 0.379. The van der Waals surface area contributed by atoms with Crippen LogP contribution in [0.5, 0.6) is 5.75 Å². The van der Waals surface area contributed by atoms with E-state index >= 15 is 0 Å². The minimum Gasteiger partial charge on any atom is -0.493 e. The number of rotatable bonds is 12. The van der Waals surface area contributed by atoms with Crippen molar-refractivity contribution in [2.75, 3.05) is 26.3 Å². The first-order valence-electron chi connectivity index (χ1n) is 12.1. The maximum atomic E-state index is 13.4. The SMILES string of the molecule is CC(CN(Cc1cccc(C(F)(F)F)c1Cl)C[C@@H](C)COc1cccc(CCO)c1)c1ccccc1. The Labute approximate surface area is 216 Å². The Hall–Kier alpha value is -2.54. The van der Waals surface area contributed by atoms with Crippen LogP contribution in [0.4, 0.5) is 13.2 Å². The summed E-state index contributed by atoms with van der Waals surface area (Å²) in [6.07, 6.45) is -3.93. The molecule has 194 valence electrons. The summed E-state index contributed by atoms with van der Waals surface area (Å²) in [6.45, 7) is 6.29. The van der Waals surface area contributed by atoms with Gasteiger partial charge < -0.3 is 9.84 Å². The van der Waals surface area contributed by atoms with Crippen molar-refractivity contribution < 1.29 is 23.0 Å². The number of aliphatic hydroxyl groups is 1. The molecule has 0 saturated heterocycles. The molecule has 1 unspecified atom stereocenters. The quantitative estimate of drug-likeness (QED) is 0.274. The van der Waals surface area contributed by atoms with Crippen molar-refractivity contribution in [2.45, 2.75) is 38.9 Å². The maximum Gasteiger partial charge on any atom is 0.417 e. The second-order valence-corrected chi connectivity index (χ2v) is 9.70. The van der Waals surface area contributed by atoms with Gasteiger partial charge in [-0.3, -0.25) is 4.90 Å². The monoisotopic (exact) mass is 519 g/mol. The summed E-state index contributed by atoms with van der Waals surface area (Å²) in [5.74, 6) is 1.02. The van der Waals surface area contributed by atoms with Crippen molar-refractivity contribution in [1.29, 1.82) is 0 Å². The maximum absolute atomic E-state index is 13.4. The average molecular weight is 520 g/mol. The van der Waals surface area contributed by atoms with Crippen LogP contribution in [0.3, 0.4) is 0 Å². The van der Waals surface area contributed by atoms with Crippen molar-refractivity contribution in [3.63, 3.8) is 0 Å². The lowest BCUT2D eigenvalue weighted by Crippen LogP contribution is -2.33. The predicted octanol–water partition coefficient (Wildman–Crippen LogP) is 7.21. The van der Waals surface area contributed by atoms with E-state index in [4.69, 9.17) is 21.4 Å². The summed E-state index contributed by atoms with van der Waals surface area (Å²) in [4.78, 5) is 2.15. The van der Waals surface area contributed by atoms with Crippen molar-refractivity contribution in [3.05, 3.63) is 100 Å². The molecule has 7 heteroatoms. The number of alkyl halides is 3. The first kappa shape index (κ1) is 28.0. The van der Waals surface area contributed by atoms with Gasteiger partial charge >= 0.3 is 6.18 Å². The lowest BCUT2D eigenvalue weighted by atomic mass is 9.99. The van der Waals surface area contributed by atoms with Gasteiger partial charge in [0.05, 0.1) is 17.2 Å². The van der Waals surface area contributed by atoms with Crippen LogP contribution in [0, 0.1) is 5.92 Å². The number of aliphatic hydroxyl groups excluding tert-OH is 1. The number of hydrogen-bond donors (Lipinski definition) is 1. The van der Waals surface area contributed by atoms with Gasteiger partial charge in [0.2, 0.25) is 0 Å². The largest absolute Gasteiger partial charge is 0.493 e. The van der Waals surface area contributed by atoms with Crippen LogP contribution < -0.4 is 4.74 Å². The van der Waals surface area contributed by atoms with Gasteiger partial charge in [-0.05, 0) is 47.2 Å². The summed E-state index contributed by atoms with van der Waals surface area (Å²) < 4.78 is 46.3. The van der Waals surface area contributed by atoms with E-state index in [9.17, 15) is 13.2 Å². The van der Waals surface area contributed by atoms with Gasteiger partial charge in [-0.15, -0.1) is 0 Å². The zero-order valence-electron chi connectivity index (χ0n) is 20.6. The second kappa shape index (κ2) is 13.1. The summed E-state index contributed by atoms with van der Waals surface area (Å²) >= 11 is 6.22. The molecule has 0 heterocycles. The van der Waals surface area contributed by atoms with E-state index in [-0.39, 0.29) is 23.5 Å². The molecule has 0 saturated carbocycles. The number of benzene rings is 3. The van der Waals surface area contributed by atoms with E-state index in [0.717, 1.165) is 17.4 Å². The highest BCUT2D eigenvalue weighted by molar-refractivity contribution is 6.32. The van der Waals surface area contributed by atoms with Gasteiger partial charge in [0.1, 0.15) is 5.75 Å². The first-order chi connectivity index (χ1) is 17.2. The van der Waals surface area contributed by atoms with E-state index < -0.39 is 11.7 Å². The minimum absolute atomic E-state index is 0.0759. The zero-order chi connectivity index (χ0) is 26.1. The molecular weight excluding hydrogens is 487 g/mol. The van der Waals surface area contributed by atoms with Crippen LogP contribution in [0.15, 0.2) is 72.8 Å². The Morgan fingerprint density at radius 1 is 0.944 bits per heavy atom. The van der Waals surface area contributed by atoms with E-state index in [2.05, 4.69) is 30.9 Å². The Morgan fingerprint density at radius 3 is 2.36 bits per heavy atom. The van der Waals surface area contributed by atoms with Crippen molar-refractivity contribution in [2.24, 2.45) is 5.92 Å². The van der Waals surface area contributed by atoms with Gasteiger partial charge in [-0.2, -0.15) is 13.2 Å². The third kappa shape index (κ3) is 8.26. The van der Waals surface area contributed by atoms with E-state index in [1.165, 1.54) is 11.6 Å². The molecule has 0 aliphatic carbocycles. The lowest BCUT2D eigenvalue weighted by Gasteiger charge is -2.29. The molecule has 36 heavy (non-hydrogen) atoms. The molecule has 0 aromatic heterocycles. The molecule has 0 spiro atoms. The number of halogens is 4. The van der Waals surface area contributed by atoms with Gasteiger partial charge in [0.25, 0.3) is 0 Å². The fourth-order valence-corrected chi connectivity index (χ4v) is 4.58. The predicted molar refractivity (Wildman–Crippen MR) is 138 cm³/mol. The van der Waals surface area contributed by atoms with Crippen molar-refractivity contribution in [3.8, 4) is 5.75 Å². The molecule has 3 aromatic carbocycles. The molecule has 3 aromatic rings. The highest BCUT2D eigenvalue weighted by Gasteiger charge is 2.34. The molecule has 0 radical (unpaired) electrons. The minimum atomic E-state index is -4.50. The summed E-state index contributed by atoms with van der Waals surface area (Å²) in [5, 5.41) is 8.92. The standard InChI is InChI=1S/C29H33ClF3NO2/c1-21(20-36-26-12-6-8-23(16-26)14-15-35)17-34(18-22(2)24-9-4-3-5-10-24)19-25-11-7-13-27(28(25)30)29(31,32)33/h3-13,16,21-22,35H,14-15,17-20H2,1-2H3/t21-,22?/m1/s1. The molecule has 0 aliphatic rings. The molecule has 0 aliphatic heterocycles. The number of hydrogen-bond acceptors (Lipinski definition) is 3. The summed E-state index contributed by atoms with van der Waals surface area (Å²) in [7, 11) is 0. The van der Waals surface area contributed by atoms with E-state index in [0.29, 0.717) is 38.2 Å². The Morgan fingerprint density at radius 2 is 1.67 bits per heavy atom. The topological polar surface area (TPSA) is 32.7 Å². The molecule has 0 fully saturated rings. The Bertz CT molecular complexity index is 1090. The normalized spacial score (nSPS) is 13.6. The van der Waals surface area contributed by atoms with Gasteiger partial charge in [0, 0.05) is 32.2 Å². The highest BCUT2D eigenvalue weighted by Crippen LogP contribution is 2.36. The Kier molecular flexibility index (Phi) is 10.2. The van der Waals surface area contributed by atoms with Gasteiger partial charge in [0.15, 0.2) is 0 Å². The number of ether oxygens (including phenoxy) is 1. The smallest absolute Gasteiger partial charge is 0.417 e. The van der Waals surface area contributed by atoms with Crippen LogP contribution in [0.25, 0.3) is 0 Å². The molecule has 1 N–H and O–H groups in total. The van der Waals surface area contributed by atoms with Crippen LogP contribution >= 0.6 is 11.6 Å². The third-order valence-corrected chi connectivity index (χ3v) is 6.53. The van der Waals surface area contributed by atoms with E-state index in [1.807, 2.05) is 42.5 Å². The van der Waals surface area contributed by atoms with Crippen LogP contribution in [-0.2, 0) is 19.1 Å². The Balaban J connectivity index is 1.73. The van der Waals surface area contributed by atoms with Crippen LogP contribution in [0.2, 0.25) is 5.02 Å². The first-order valence-corrected chi connectivity index (χ1v) is 12.5. The van der Waals surface area contributed by atoms with E-state index in [1.54, 1.807) is 6.07 Å². The molecular formula is C29H33ClF3NO2. The summed E-state index contributed by atoms with van der Waals surface area (Å²) in [6, 6.07) is 21.8. The van der Waals surface area contributed by atoms with Gasteiger partial charge in [-0.25, -0.2) is 0 Å². The molecule has 3 rings (SSSR count). The molecule has 2 atom stereocenters. The second-order valence-electron chi connectivity index (χ2n) is 9.32. The number of nitrogens with zero attached hydrogens (tertiary/aromatic N) is 1. The zero-order valence-corrected chi connectivity index (χ0v) is 21.4. The molecule has 0 bridgehead atoms. The molecule has 3 nitrogen and oxygen atoms in total. The summed E-state index contributed by atoms with van der Waals surface area (Å²) in [5.41, 5.74) is 1.82. The van der Waals surface area contributed by atoms with Crippen molar-refractivity contribution in [1.82, 2.24) is 4.90 Å². The average Bonchev–Trinajstić information content (AvgIpc) is 2.84. The van der Waals surface area contributed by atoms with Gasteiger partial charge in [-0.1, -0.05) is 80.0 Å². The molecule has 0 amide bonds. The van der Waals surface area contributed by atoms with Crippen LogP contribution in [-0.4, -0.2) is 36.3 Å².